The van der Waals surface area contributed by atoms with Gasteiger partial charge in [-0.3, -0.25) is 4.98 Å². The quantitative estimate of drug-likeness (QED) is 0.574. The van der Waals surface area contributed by atoms with Crippen LogP contribution in [0.15, 0.2) is 61.2 Å². The van der Waals surface area contributed by atoms with Gasteiger partial charge in [0, 0.05) is 30.0 Å². The van der Waals surface area contributed by atoms with Gasteiger partial charge in [-0.05, 0) is 43.5 Å². The van der Waals surface area contributed by atoms with E-state index < -0.39 is 0 Å². The highest BCUT2D eigenvalue weighted by atomic mass is 16.5. The van der Waals surface area contributed by atoms with E-state index in [-0.39, 0.29) is 6.23 Å². The summed E-state index contributed by atoms with van der Waals surface area (Å²) in [7, 11) is 0. The van der Waals surface area contributed by atoms with E-state index in [0.29, 0.717) is 5.95 Å². The van der Waals surface area contributed by atoms with Crippen LogP contribution in [0.5, 0.6) is 0 Å². The SMILES string of the molecule is c1cncc(Nc2nccc(-c3ccc4cnn(C5CCCCO5)c4c3)n2)c1. The minimum atomic E-state index is 0.00899. The Kier molecular flexibility index (Phi) is 4.42. The summed E-state index contributed by atoms with van der Waals surface area (Å²) in [5.41, 5.74) is 3.77. The number of nitrogens with zero attached hydrogens (tertiary/aromatic N) is 5. The summed E-state index contributed by atoms with van der Waals surface area (Å²) in [4.78, 5) is 13.1. The highest BCUT2D eigenvalue weighted by Gasteiger charge is 2.18. The van der Waals surface area contributed by atoms with Crippen LogP contribution in [0.1, 0.15) is 25.5 Å². The van der Waals surface area contributed by atoms with Crippen LogP contribution < -0.4 is 5.32 Å². The van der Waals surface area contributed by atoms with Crippen LogP contribution in [0.25, 0.3) is 22.2 Å². The number of fused-ring (bicyclic) bond motifs is 1. The minimum absolute atomic E-state index is 0.00899. The second-order valence-corrected chi connectivity index (χ2v) is 6.82. The van der Waals surface area contributed by atoms with Crippen molar-refractivity contribution in [1.29, 1.82) is 0 Å². The number of hydrogen-bond donors (Lipinski definition) is 1. The first-order valence-corrected chi connectivity index (χ1v) is 9.46. The number of anilines is 2. The highest BCUT2D eigenvalue weighted by Crippen LogP contribution is 2.29. The minimum Gasteiger partial charge on any atom is -0.356 e. The molecular formula is C21H20N6O. The number of nitrogens with one attached hydrogen (secondary N) is 1. The van der Waals surface area contributed by atoms with E-state index in [1.165, 1.54) is 6.42 Å². The fourth-order valence-electron chi connectivity index (χ4n) is 3.49. The molecule has 1 fully saturated rings. The molecule has 7 nitrogen and oxygen atoms in total. The summed E-state index contributed by atoms with van der Waals surface area (Å²) in [6.45, 7) is 0.793. The van der Waals surface area contributed by atoms with Crippen molar-refractivity contribution in [2.45, 2.75) is 25.5 Å². The molecule has 0 spiro atoms. The maximum absolute atomic E-state index is 5.92. The van der Waals surface area contributed by atoms with Gasteiger partial charge in [0.2, 0.25) is 5.95 Å². The lowest BCUT2D eigenvalue weighted by Gasteiger charge is -2.23. The lowest BCUT2D eigenvalue weighted by molar-refractivity contribution is -0.0366. The Bertz CT molecular complexity index is 1090. The van der Waals surface area contributed by atoms with E-state index in [0.717, 1.165) is 47.3 Å². The Labute approximate surface area is 162 Å². The van der Waals surface area contributed by atoms with Crippen molar-refractivity contribution in [2.75, 3.05) is 11.9 Å². The summed E-state index contributed by atoms with van der Waals surface area (Å²) in [5, 5.41) is 8.85. The van der Waals surface area contributed by atoms with Crippen LogP contribution in [0.4, 0.5) is 11.6 Å². The Morgan fingerprint density at radius 2 is 2.07 bits per heavy atom. The Morgan fingerprint density at radius 1 is 1.07 bits per heavy atom. The topological polar surface area (TPSA) is 77.8 Å². The molecule has 0 aliphatic carbocycles. The monoisotopic (exact) mass is 372 g/mol. The molecule has 1 atom stereocenters. The van der Waals surface area contributed by atoms with Gasteiger partial charge in [0.25, 0.3) is 0 Å². The fraction of sp³-hybridized carbons (Fsp3) is 0.238. The molecule has 1 aromatic carbocycles. The molecule has 4 aromatic rings. The summed E-state index contributed by atoms with van der Waals surface area (Å²) in [5.74, 6) is 0.537. The Morgan fingerprint density at radius 3 is 2.93 bits per heavy atom. The predicted octanol–water partition coefficient (Wildman–Crippen LogP) is 4.33. The van der Waals surface area contributed by atoms with Crippen LogP contribution in [-0.2, 0) is 4.74 Å². The molecule has 0 saturated carbocycles. The number of hydrogen-bond acceptors (Lipinski definition) is 6. The van der Waals surface area contributed by atoms with Gasteiger partial charge in [-0.2, -0.15) is 5.10 Å². The summed E-state index contributed by atoms with van der Waals surface area (Å²) < 4.78 is 7.91. The third-order valence-corrected chi connectivity index (χ3v) is 4.90. The van der Waals surface area contributed by atoms with E-state index in [2.05, 4.69) is 43.6 Å². The van der Waals surface area contributed by atoms with Crippen LogP contribution >= 0.6 is 0 Å². The van der Waals surface area contributed by atoms with E-state index in [9.17, 15) is 0 Å². The Balaban J connectivity index is 1.48. The smallest absolute Gasteiger partial charge is 0.227 e. The predicted molar refractivity (Wildman–Crippen MR) is 107 cm³/mol. The Hall–Kier alpha value is -3.32. The van der Waals surface area contributed by atoms with Gasteiger partial charge in [0.15, 0.2) is 6.23 Å². The third-order valence-electron chi connectivity index (χ3n) is 4.90. The van der Waals surface area contributed by atoms with Gasteiger partial charge >= 0.3 is 0 Å². The molecule has 0 radical (unpaired) electrons. The zero-order valence-electron chi connectivity index (χ0n) is 15.3. The molecular weight excluding hydrogens is 352 g/mol. The highest BCUT2D eigenvalue weighted by molar-refractivity contribution is 5.84. The zero-order valence-corrected chi connectivity index (χ0v) is 15.3. The zero-order chi connectivity index (χ0) is 18.8. The third kappa shape index (κ3) is 3.32. The molecule has 140 valence electrons. The normalized spacial score (nSPS) is 16.9. The summed E-state index contributed by atoms with van der Waals surface area (Å²) in [6.07, 6.45) is 10.4. The van der Waals surface area contributed by atoms with Gasteiger partial charge < -0.3 is 10.1 Å². The molecule has 1 unspecified atom stereocenters. The van der Waals surface area contributed by atoms with Gasteiger partial charge in [-0.25, -0.2) is 14.6 Å². The lowest BCUT2D eigenvalue weighted by Crippen LogP contribution is -2.18. The number of rotatable bonds is 4. The summed E-state index contributed by atoms with van der Waals surface area (Å²) >= 11 is 0. The van der Waals surface area contributed by atoms with Gasteiger partial charge in [0.1, 0.15) is 0 Å². The maximum atomic E-state index is 5.92. The second-order valence-electron chi connectivity index (χ2n) is 6.82. The molecule has 0 amide bonds. The molecule has 3 aromatic heterocycles. The van der Waals surface area contributed by atoms with Crippen molar-refractivity contribution in [3.05, 3.63) is 61.2 Å². The fourth-order valence-corrected chi connectivity index (χ4v) is 3.49. The molecule has 1 aliphatic rings. The molecule has 1 aliphatic heterocycles. The number of pyridine rings is 1. The number of benzene rings is 1. The van der Waals surface area contributed by atoms with E-state index in [4.69, 9.17) is 4.74 Å². The molecule has 0 bridgehead atoms. The molecule has 5 rings (SSSR count). The van der Waals surface area contributed by atoms with Crippen LogP contribution in [-0.4, -0.2) is 31.3 Å². The van der Waals surface area contributed by atoms with Crippen LogP contribution in [0, 0.1) is 0 Å². The van der Waals surface area contributed by atoms with E-state index >= 15 is 0 Å². The van der Waals surface area contributed by atoms with Crippen molar-refractivity contribution in [3.63, 3.8) is 0 Å². The van der Waals surface area contributed by atoms with Crippen molar-refractivity contribution >= 4 is 22.5 Å². The van der Waals surface area contributed by atoms with Crippen LogP contribution in [0.2, 0.25) is 0 Å². The standard InChI is InChI=1S/C21H20N6O/c1-2-11-28-20(5-1)27-19-12-15(6-7-16(19)13-24-27)18-8-10-23-21(26-18)25-17-4-3-9-22-14-17/h3-4,6-10,12-14,20H,1-2,5,11H2,(H,23,25,26). The van der Waals surface area contributed by atoms with Gasteiger partial charge in [-0.15, -0.1) is 0 Å². The first-order chi connectivity index (χ1) is 13.9. The number of ether oxygens (including phenoxy) is 1. The second kappa shape index (κ2) is 7.36. The van der Waals surface area contributed by atoms with Crippen molar-refractivity contribution in [3.8, 4) is 11.3 Å². The van der Waals surface area contributed by atoms with Gasteiger partial charge in [-0.1, -0.05) is 12.1 Å². The maximum Gasteiger partial charge on any atom is 0.227 e. The molecule has 28 heavy (non-hydrogen) atoms. The molecule has 4 heterocycles. The van der Waals surface area contributed by atoms with Gasteiger partial charge in [0.05, 0.1) is 29.3 Å². The lowest BCUT2D eigenvalue weighted by atomic mass is 10.1. The molecule has 7 heteroatoms. The average molecular weight is 372 g/mol. The van der Waals surface area contributed by atoms with E-state index in [1.807, 2.05) is 29.1 Å². The first-order valence-electron chi connectivity index (χ1n) is 9.46. The van der Waals surface area contributed by atoms with Crippen molar-refractivity contribution in [1.82, 2.24) is 24.7 Å². The molecule has 1 saturated heterocycles. The van der Waals surface area contributed by atoms with Crippen molar-refractivity contribution < 1.29 is 4.74 Å². The largest absolute Gasteiger partial charge is 0.356 e. The number of aromatic nitrogens is 5. The first kappa shape index (κ1) is 16.8. The molecule has 1 N–H and O–H groups in total. The van der Waals surface area contributed by atoms with E-state index in [1.54, 1.807) is 18.6 Å². The average Bonchev–Trinajstić information content (AvgIpc) is 3.19. The van der Waals surface area contributed by atoms with Crippen LogP contribution in [0.3, 0.4) is 0 Å². The summed E-state index contributed by atoms with van der Waals surface area (Å²) in [6, 6.07) is 12.0. The van der Waals surface area contributed by atoms with Crippen molar-refractivity contribution in [2.24, 2.45) is 0 Å².